The van der Waals surface area contributed by atoms with Gasteiger partial charge in [-0.15, -0.1) is 0 Å². The fourth-order valence-electron chi connectivity index (χ4n) is 3.58. The van der Waals surface area contributed by atoms with Crippen LogP contribution in [0, 0.1) is 6.92 Å². The summed E-state index contributed by atoms with van der Waals surface area (Å²) in [6, 6.07) is 20.2. The van der Waals surface area contributed by atoms with Crippen LogP contribution in [0.3, 0.4) is 0 Å². The van der Waals surface area contributed by atoms with Gasteiger partial charge in [-0.2, -0.15) is 0 Å². The number of nitrogens with zero attached hydrogens (tertiary/aromatic N) is 2. The summed E-state index contributed by atoms with van der Waals surface area (Å²) in [4.78, 5) is 31.8. The fraction of sp³-hybridized carbons (Fsp3) is 0.125. The van der Waals surface area contributed by atoms with Crippen LogP contribution in [-0.2, 0) is 9.59 Å². The molecule has 3 aromatic rings. The minimum absolute atomic E-state index is 0.0275. The van der Waals surface area contributed by atoms with Gasteiger partial charge in [-0.25, -0.2) is 4.98 Å². The minimum Gasteiger partial charge on any atom is -0.507 e. The number of rotatable bonds is 4. The summed E-state index contributed by atoms with van der Waals surface area (Å²) < 4.78 is 5.22. The quantitative estimate of drug-likeness (QED) is 0.406. The number of carbonyl (C=O) groups is 2. The second-order valence-electron chi connectivity index (χ2n) is 6.95. The molecular formula is C24H20N2O4. The summed E-state index contributed by atoms with van der Waals surface area (Å²) >= 11 is 0. The number of methoxy groups -OCH3 is 1. The Balaban J connectivity index is 1.94. The molecule has 0 bridgehead atoms. The van der Waals surface area contributed by atoms with Crippen LogP contribution in [0.1, 0.15) is 22.9 Å². The molecule has 0 aliphatic carbocycles. The topological polar surface area (TPSA) is 79.7 Å². The van der Waals surface area contributed by atoms with E-state index in [2.05, 4.69) is 4.98 Å². The SMILES string of the molecule is COc1ccc([C@H]2C(=C(O)c3ccccc3)C(=O)C(=O)N2c2cccc(C)n2)cc1. The number of hydrogen-bond acceptors (Lipinski definition) is 5. The van der Waals surface area contributed by atoms with Crippen molar-refractivity contribution in [2.45, 2.75) is 13.0 Å². The van der Waals surface area contributed by atoms with Gasteiger partial charge in [0.2, 0.25) is 0 Å². The number of anilines is 1. The van der Waals surface area contributed by atoms with Crippen molar-refractivity contribution in [3.8, 4) is 5.75 Å². The summed E-state index contributed by atoms with van der Waals surface area (Å²) in [7, 11) is 1.56. The van der Waals surface area contributed by atoms with Gasteiger partial charge in [0.15, 0.2) is 0 Å². The molecule has 6 nitrogen and oxygen atoms in total. The number of hydrogen-bond donors (Lipinski definition) is 1. The van der Waals surface area contributed by atoms with E-state index in [1.165, 1.54) is 4.90 Å². The van der Waals surface area contributed by atoms with Crippen LogP contribution < -0.4 is 9.64 Å². The van der Waals surface area contributed by atoms with Crippen molar-refractivity contribution in [3.63, 3.8) is 0 Å². The van der Waals surface area contributed by atoms with Gasteiger partial charge in [0, 0.05) is 11.3 Å². The average Bonchev–Trinajstić information content (AvgIpc) is 3.04. The van der Waals surface area contributed by atoms with E-state index in [4.69, 9.17) is 4.74 Å². The van der Waals surface area contributed by atoms with E-state index in [9.17, 15) is 14.7 Å². The highest BCUT2D eigenvalue weighted by atomic mass is 16.5. The van der Waals surface area contributed by atoms with E-state index in [0.29, 0.717) is 28.4 Å². The second-order valence-corrected chi connectivity index (χ2v) is 6.95. The third kappa shape index (κ3) is 3.33. The highest BCUT2D eigenvalue weighted by Crippen LogP contribution is 2.41. The number of Topliss-reactive ketones (excluding diaryl/α,β-unsaturated/α-hetero) is 1. The van der Waals surface area contributed by atoms with Gasteiger partial charge < -0.3 is 9.84 Å². The van der Waals surface area contributed by atoms with E-state index in [-0.39, 0.29) is 11.3 Å². The number of aliphatic hydroxyl groups is 1. The van der Waals surface area contributed by atoms with Crippen LogP contribution in [0.5, 0.6) is 5.75 Å². The molecule has 1 atom stereocenters. The third-order valence-corrected chi connectivity index (χ3v) is 5.04. The summed E-state index contributed by atoms with van der Waals surface area (Å²) in [5.74, 6) is -0.700. The first-order valence-corrected chi connectivity index (χ1v) is 9.45. The van der Waals surface area contributed by atoms with Crippen LogP contribution in [0.25, 0.3) is 5.76 Å². The van der Waals surface area contributed by atoms with Gasteiger partial charge in [-0.05, 0) is 36.8 Å². The first-order valence-electron chi connectivity index (χ1n) is 9.45. The lowest BCUT2D eigenvalue weighted by molar-refractivity contribution is -0.132. The lowest BCUT2D eigenvalue weighted by atomic mass is 9.95. The van der Waals surface area contributed by atoms with Crippen LogP contribution >= 0.6 is 0 Å². The number of benzene rings is 2. The molecule has 1 aromatic heterocycles. The lowest BCUT2D eigenvalue weighted by Gasteiger charge is -2.24. The molecule has 0 unspecified atom stereocenters. The predicted octanol–water partition coefficient (Wildman–Crippen LogP) is 4.02. The summed E-state index contributed by atoms with van der Waals surface area (Å²) in [6.07, 6.45) is 0. The second kappa shape index (κ2) is 7.83. The molecule has 2 heterocycles. The van der Waals surface area contributed by atoms with Gasteiger partial charge in [-0.1, -0.05) is 48.5 Å². The Hall–Kier alpha value is -3.93. The van der Waals surface area contributed by atoms with Gasteiger partial charge in [0.1, 0.15) is 17.3 Å². The van der Waals surface area contributed by atoms with Gasteiger partial charge >= 0.3 is 5.91 Å². The van der Waals surface area contributed by atoms with E-state index in [1.54, 1.807) is 67.8 Å². The van der Waals surface area contributed by atoms with Crippen molar-refractivity contribution < 1.29 is 19.4 Å². The smallest absolute Gasteiger partial charge is 0.301 e. The normalized spacial score (nSPS) is 17.9. The van der Waals surface area contributed by atoms with Crippen LogP contribution in [0.15, 0.2) is 78.4 Å². The molecule has 30 heavy (non-hydrogen) atoms. The zero-order valence-corrected chi connectivity index (χ0v) is 16.6. The Bertz CT molecular complexity index is 1140. The van der Waals surface area contributed by atoms with E-state index in [0.717, 1.165) is 0 Å². The number of aliphatic hydroxyl groups excluding tert-OH is 1. The molecule has 0 saturated carbocycles. The minimum atomic E-state index is -0.814. The summed E-state index contributed by atoms with van der Waals surface area (Å²) in [6.45, 7) is 1.81. The Morgan fingerprint density at radius 2 is 1.67 bits per heavy atom. The maximum atomic E-state index is 13.0. The lowest BCUT2D eigenvalue weighted by Crippen LogP contribution is -2.30. The molecule has 2 aromatic carbocycles. The Labute approximate surface area is 174 Å². The molecule has 1 fully saturated rings. The van der Waals surface area contributed by atoms with E-state index >= 15 is 0 Å². The molecule has 6 heteroatoms. The first-order chi connectivity index (χ1) is 14.5. The number of aryl methyl sites for hydroxylation is 1. The van der Waals surface area contributed by atoms with Crippen molar-refractivity contribution in [3.05, 3.63) is 95.2 Å². The number of carbonyl (C=O) groups excluding carboxylic acids is 2. The first kappa shape index (κ1) is 19.4. The average molecular weight is 400 g/mol. The Kier molecular flexibility index (Phi) is 5.06. The maximum absolute atomic E-state index is 13.0. The van der Waals surface area contributed by atoms with E-state index < -0.39 is 17.7 Å². The van der Waals surface area contributed by atoms with Gasteiger partial charge in [0.05, 0.1) is 18.7 Å². The zero-order valence-electron chi connectivity index (χ0n) is 16.6. The standard InChI is InChI=1S/C24H20N2O4/c1-15-7-6-10-19(25-15)26-21(16-11-13-18(30-2)14-12-16)20(23(28)24(26)29)22(27)17-8-4-3-5-9-17/h3-14,21,27H,1-2H3/t21-/m0/s1. The van der Waals surface area contributed by atoms with Crippen molar-refractivity contribution >= 4 is 23.3 Å². The maximum Gasteiger partial charge on any atom is 0.301 e. The molecule has 0 radical (unpaired) electrons. The van der Waals surface area contributed by atoms with Crippen LogP contribution in [-0.4, -0.2) is 28.9 Å². The van der Waals surface area contributed by atoms with Crippen molar-refractivity contribution in [2.24, 2.45) is 0 Å². The molecule has 0 spiro atoms. The summed E-state index contributed by atoms with van der Waals surface area (Å²) in [5, 5.41) is 11.0. The van der Waals surface area contributed by atoms with Crippen LogP contribution in [0.2, 0.25) is 0 Å². The zero-order chi connectivity index (χ0) is 21.3. The van der Waals surface area contributed by atoms with Gasteiger partial charge in [0.25, 0.3) is 5.78 Å². The molecule has 1 saturated heterocycles. The van der Waals surface area contributed by atoms with E-state index in [1.807, 2.05) is 19.1 Å². The molecule has 1 amide bonds. The van der Waals surface area contributed by atoms with Crippen molar-refractivity contribution in [1.82, 2.24) is 4.98 Å². The molecule has 1 aliphatic heterocycles. The molecule has 4 rings (SSSR count). The summed E-state index contributed by atoms with van der Waals surface area (Å²) in [5.41, 5.74) is 1.87. The largest absolute Gasteiger partial charge is 0.507 e. The number of aromatic nitrogens is 1. The Morgan fingerprint density at radius 1 is 0.967 bits per heavy atom. The van der Waals surface area contributed by atoms with Crippen molar-refractivity contribution in [2.75, 3.05) is 12.0 Å². The Morgan fingerprint density at radius 3 is 2.30 bits per heavy atom. The fourth-order valence-corrected chi connectivity index (χ4v) is 3.58. The number of amides is 1. The number of ketones is 1. The molecular weight excluding hydrogens is 380 g/mol. The van der Waals surface area contributed by atoms with Crippen molar-refractivity contribution in [1.29, 1.82) is 0 Å². The predicted molar refractivity (Wildman–Crippen MR) is 113 cm³/mol. The molecule has 150 valence electrons. The van der Waals surface area contributed by atoms with Gasteiger partial charge in [-0.3, -0.25) is 14.5 Å². The highest BCUT2D eigenvalue weighted by Gasteiger charge is 2.47. The monoisotopic (exact) mass is 400 g/mol. The van der Waals surface area contributed by atoms with Crippen LogP contribution in [0.4, 0.5) is 5.82 Å². The molecule has 1 N–H and O–H groups in total. The number of ether oxygens (including phenoxy) is 1. The number of pyridine rings is 1. The third-order valence-electron chi connectivity index (χ3n) is 5.04. The molecule has 1 aliphatic rings. The highest BCUT2D eigenvalue weighted by molar-refractivity contribution is 6.51.